The van der Waals surface area contributed by atoms with Gasteiger partial charge in [-0.25, -0.2) is 0 Å². The van der Waals surface area contributed by atoms with E-state index in [0.717, 1.165) is 79.0 Å². The van der Waals surface area contributed by atoms with Gasteiger partial charge in [-0.3, -0.25) is 9.59 Å². The van der Waals surface area contributed by atoms with E-state index >= 15 is 17.6 Å². The molecule has 4 heterocycles. The summed E-state index contributed by atoms with van der Waals surface area (Å²) < 4.78 is 86.5. The van der Waals surface area contributed by atoms with Crippen LogP contribution in [-0.4, -0.2) is 115 Å². The van der Waals surface area contributed by atoms with E-state index in [1.807, 2.05) is 66.7 Å². The van der Waals surface area contributed by atoms with Crippen LogP contribution in [0.2, 0.25) is 0 Å². The second-order valence-corrected chi connectivity index (χ2v) is 20.1. The zero-order chi connectivity index (χ0) is 51.4. The van der Waals surface area contributed by atoms with Crippen LogP contribution in [0.1, 0.15) is 84.7 Å². The molecule has 0 spiro atoms. The van der Waals surface area contributed by atoms with Crippen molar-refractivity contribution in [1.82, 2.24) is 20.4 Å². The predicted molar refractivity (Wildman–Crippen MR) is 272 cm³/mol. The second kappa shape index (κ2) is 22.2. The zero-order valence-electron chi connectivity index (χ0n) is 41.1. The average Bonchev–Trinajstić information content (AvgIpc) is 4.15. The maximum atomic E-state index is 15.8. The third-order valence-corrected chi connectivity index (χ3v) is 14.8. The minimum atomic E-state index is -3.74. The maximum absolute atomic E-state index is 15.8. The fourth-order valence-corrected chi connectivity index (χ4v) is 10.5. The smallest absolute Gasteiger partial charge is 0.324 e. The number of amides is 2. The number of fused-ring (bicyclic) bond motifs is 4. The van der Waals surface area contributed by atoms with E-state index in [4.69, 9.17) is 18.9 Å². The number of aliphatic hydroxyl groups is 2. The molecule has 74 heavy (non-hydrogen) atoms. The van der Waals surface area contributed by atoms with Crippen molar-refractivity contribution in [3.05, 3.63) is 143 Å². The number of hydrogen-bond donors (Lipinski definition) is 4. The van der Waals surface area contributed by atoms with Crippen molar-refractivity contribution in [2.45, 2.75) is 93.6 Å². The van der Waals surface area contributed by atoms with E-state index in [-0.39, 0.29) is 32.5 Å². The van der Waals surface area contributed by atoms with E-state index in [0.29, 0.717) is 58.5 Å². The standard InChI is InChI=1S/C58H62F4N4O8/c59-57(60,21-19-37-9-11-39-7-1-2-8-41(39)29-37)55(69)64-47(35-66-25-5-6-26-66)54(68)44-16-18-49-51(33-44)73-36-52(74-49)42-14-13-40-12-10-38(30-45(40)31-42)20-22-58(61,62)56(70)63-46(34-65-23-3-4-24-65)53(67)43-15-17-48-50(32-43)72-28-27-71-48/h1-2,7-18,29-33,46-47,52-54,67-68H,3-6,19-28,34-36H2,(H,63,70)(H,64,69). The molecule has 2 saturated heterocycles. The molecule has 12 nitrogen and oxygen atoms in total. The molecule has 0 radical (unpaired) electrons. The molecule has 0 aliphatic carbocycles. The lowest BCUT2D eigenvalue weighted by atomic mass is 9.98. The lowest BCUT2D eigenvalue weighted by molar-refractivity contribution is -0.148. The molecule has 4 aliphatic heterocycles. The first-order chi connectivity index (χ1) is 35.7. The quantitative estimate of drug-likeness (QED) is 0.0581. The summed E-state index contributed by atoms with van der Waals surface area (Å²) in [5, 5.41) is 31.8. The van der Waals surface area contributed by atoms with Crippen LogP contribution in [0.5, 0.6) is 23.0 Å². The number of likely N-dealkylation sites (tertiary alicyclic amines) is 2. The van der Waals surface area contributed by atoms with Gasteiger partial charge in [0, 0.05) is 25.9 Å². The van der Waals surface area contributed by atoms with Gasteiger partial charge in [0.25, 0.3) is 11.8 Å². The number of halogens is 4. The van der Waals surface area contributed by atoms with Crippen molar-refractivity contribution in [3.8, 4) is 23.0 Å². The lowest BCUT2D eigenvalue weighted by Crippen LogP contribution is -2.51. The van der Waals surface area contributed by atoms with Gasteiger partial charge in [0.05, 0.1) is 12.1 Å². The minimum Gasteiger partial charge on any atom is -0.486 e. The van der Waals surface area contributed by atoms with Gasteiger partial charge < -0.3 is 49.6 Å². The number of ether oxygens (including phenoxy) is 4. The van der Waals surface area contributed by atoms with Crippen LogP contribution in [0.3, 0.4) is 0 Å². The van der Waals surface area contributed by atoms with Crippen molar-refractivity contribution in [1.29, 1.82) is 0 Å². The highest BCUT2D eigenvalue weighted by atomic mass is 19.3. The SMILES string of the molecule is O=C(NC(CN1CCCC1)C(O)c1ccc2c(c1)OCCO2)C(F)(F)CCc1ccc2ccc(C3COc4cc(C(O)C(CN5CCCC5)NC(=O)C(F)(F)CCc5ccc6ccccc6c5)ccc4O3)cc2c1. The molecular formula is C58H62F4N4O8. The number of hydrogen-bond acceptors (Lipinski definition) is 10. The number of benzene rings is 6. The summed E-state index contributed by atoms with van der Waals surface area (Å²) in [6.45, 7) is 4.16. The van der Waals surface area contributed by atoms with Gasteiger partial charge in [-0.05, 0) is 144 Å². The molecule has 5 unspecified atom stereocenters. The first kappa shape index (κ1) is 51.0. The molecule has 390 valence electrons. The van der Waals surface area contributed by atoms with Crippen molar-refractivity contribution in [2.75, 3.05) is 59.1 Å². The summed E-state index contributed by atoms with van der Waals surface area (Å²) in [5.74, 6) is -8.59. The largest absolute Gasteiger partial charge is 0.486 e. The Bertz CT molecular complexity index is 2970. The Morgan fingerprint density at radius 2 is 1.04 bits per heavy atom. The number of nitrogens with zero attached hydrogens (tertiary/aromatic N) is 2. The zero-order valence-corrected chi connectivity index (χ0v) is 41.1. The Labute approximate surface area is 427 Å². The van der Waals surface area contributed by atoms with Crippen molar-refractivity contribution in [3.63, 3.8) is 0 Å². The van der Waals surface area contributed by atoms with E-state index in [9.17, 15) is 19.8 Å². The van der Waals surface area contributed by atoms with Gasteiger partial charge in [0.1, 0.15) is 32.0 Å². The van der Waals surface area contributed by atoms with Crippen molar-refractivity contribution < 1.29 is 56.3 Å². The fourth-order valence-electron chi connectivity index (χ4n) is 10.5. The third kappa shape index (κ3) is 11.9. The van der Waals surface area contributed by atoms with E-state index in [1.165, 1.54) is 0 Å². The molecule has 2 amide bonds. The van der Waals surface area contributed by atoms with Crippen LogP contribution in [0, 0.1) is 0 Å². The van der Waals surface area contributed by atoms with E-state index < -0.39 is 66.9 Å². The van der Waals surface area contributed by atoms with Crippen LogP contribution >= 0.6 is 0 Å². The molecule has 0 aromatic heterocycles. The van der Waals surface area contributed by atoms with Crippen LogP contribution < -0.4 is 29.6 Å². The second-order valence-electron chi connectivity index (χ2n) is 20.1. The Morgan fingerprint density at radius 3 is 1.62 bits per heavy atom. The number of nitrogens with one attached hydrogen (secondary N) is 2. The summed E-state index contributed by atoms with van der Waals surface area (Å²) in [6.07, 6.45) is -0.949. The van der Waals surface area contributed by atoms with E-state index in [1.54, 1.807) is 48.5 Å². The molecule has 0 saturated carbocycles. The third-order valence-electron chi connectivity index (χ3n) is 14.8. The molecule has 4 N–H and O–H groups in total. The van der Waals surface area contributed by atoms with Crippen LogP contribution in [0.15, 0.2) is 115 Å². The van der Waals surface area contributed by atoms with Gasteiger partial charge in [-0.15, -0.1) is 0 Å². The minimum absolute atomic E-state index is 0.00343. The summed E-state index contributed by atoms with van der Waals surface area (Å²) in [7, 11) is 0. The molecule has 6 aromatic carbocycles. The Balaban J connectivity index is 0.769. The number of rotatable bonds is 19. The Kier molecular flexibility index (Phi) is 15.3. The molecule has 4 aliphatic rings. The molecule has 0 bridgehead atoms. The monoisotopic (exact) mass is 1020 g/mol. The van der Waals surface area contributed by atoms with Crippen LogP contribution in [0.25, 0.3) is 21.5 Å². The highest BCUT2D eigenvalue weighted by Crippen LogP contribution is 2.40. The highest BCUT2D eigenvalue weighted by Gasteiger charge is 2.42. The molecule has 6 aromatic rings. The topological polar surface area (TPSA) is 142 Å². The first-order valence-corrected chi connectivity index (χ1v) is 25.8. The molecular weight excluding hydrogens is 957 g/mol. The number of aliphatic hydroxyl groups excluding tert-OH is 2. The molecule has 5 atom stereocenters. The van der Waals surface area contributed by atoms with Gasteiger partial charge in [-0.2, -0.15) is 17.6 Å². The first-order valence-electron chi connectivity index (χ1n) is 25.8. The highest BCUT2D eigenvalue weighted by molar-refractivity contribution is 5.86. The van der Waals surface area contributed by atoms with Gasteiger partial charge in [-0.1, -0.05) is 84.9 Å². The van der Waals surface area contributed by atoms with Crippen molar-refractivity contribution >= 4 is 33.4 Å². The number of carbonyl (C=O) groups excluding carboxylic acids is 2. The average molecular weight is 1020 g/mol. The fraction of sp³-hybridized carbons (Fsp3) is 0.414. The van der Waals surface area contributed by atoms with Crippen LogP contribution in [-0.2, 0) is 22.4 Å². The number of aryl methyl sites for hydroxylation is 2. The molecule has 16 heteroatoms. The summed E-state index contributed by atoms with van der Waals surface area (Å²) >= 11 is 0. The predicted octanol–water partition coefficient (Wildman–Crippen LogP) is 9.04. The Hall–Kier alpha value is -6.46. The van der Waals surface area contributed by atoms with Gasteiger partial charge in [0.15, 0.2) is 29.1 Å². The van der Waals surface area contributed by atoms with Gasteiger partial charge >= 0.3 is 11.8 Å². The van der Waals surface area contributed by atoms with Crippen LogP contribution in [0.4, 0.5) is 17.6 Å². The summed E-state index contributed by atoms with van der Waals surface area (Å²) in [4.78, 5) is 30.7. The number of alkyl halides is 4. The van der Waals surface area contributed by atoms with E-state index in [2.05, 4.69) is 20.4 Å². The summed E-state index contributed by atoms with van der Waals surface area (Å²) in [5.41, 5.74) is 2.87. The van der Waals surface area contributed by atoms with Gasteiger partial charge in [0.2, 0.25) is 0 Å². The molecule has 2 fully saturated rings. The Morgan fingerprint density at radius 1 is 0.554 bits per heavy atom. The normalized spacial score (nSPS) is 18.8. The summed E-state index contributed by atoms with van der Waals surface area (Å²) in [6, 6.07) is 32.1. The maximum Gasteiger partial charge on any atom is 0.324 e. The lowest BCUT2D eigenvalue weighted by Gasteiger charge is -2.31. The van der Waals surface area contributed by atoms with Crippen molar-refractivity contribution in [2.24, 2.45) is 0 Å². The number of carbonyl (C=O) groups is 2. The molecule has 10 rings (SSSR count).